The molecule has 3 rings (SSSR count). The van der Waals surface area contributed by atoms with Crippen molar-refractivity contribution in [1.82, 2.24) is 5.43 Å². The lowest BCUT2D eigenvalue weighted by molar-refractivity contribution is 0.0954. The minimum absolute atomic E-state index is 0.351. The fraction of sp³-hybridized carbons (Fsp3) is 0.200. The summed E-state index contributed by atoms with van der Waals surface area (Å²) >= 11 is 3.49. The molecule has 0 heterocycles. The molecular formula is C25H25BrN2O4. The number of nitrogens with zero attached hydrogens (tertiary/aromatic N) is 1. The molecule has 0 aromatic heterocycles. The van der Waals surface area contributed by atoms with Gasteiger partial charge in [0.2, 0.25) is 0 Å². The maximum Gasteiger partial charge on any atom is 0.271 e. The van der Waals surface area contributed by atoms with Crippen molar-refractivity contribution in [3.63, 3.8) is 0 Å². The molecule has 0 aliphatic rings. The van der Waals surface area contributed by atoms with Crippen LogP contribution in [0.4, 0.5) is 0 Å². The smallest absolute Gasteiger partial charge is 0.271 e. The van der Waals surface area contributed by atoms with Gasteiger partial charge in [-0.15, -0.1) is 0 Å². The number of nitrogens with one attached hydrogen (secondary N) is 1. The van der Waals surface area contributed by atoms with Crippen LogP contribution in [-0.4, -0.2) is 25.8 Å². The van der Waals surface area contributed by atoms with E-state index in [1.54, 1.807) is 24.4 Å². The fourth-order valence-corrected chi connectivity index (χ4v) is 3.33. The zero-order valence-electron chi connectivity index (χ0n) is 18.0. The number of carbonyl (C=O) groups excluding carboxylic acids is 1. The number of hydrazone groups is 1. The number of ether oxygens (including phenoxy) is 3. The van der Waals surface area contributed by atoms with Crippen LogP contribution in [0.5, 0.6) is 17.2 Å². The lowest BCUT2D eigenvalue weighted by Gasteiger charge is -2.12. The van der Waals surface area contributed by atoms with E-state index in [4.69, 9.17) is 14.2 Å². The van der Waals surface area contributed by atoms with Gasteiger partial charge in [-0.25, -0.2) is 5.43 Å². The molecule has 3 aromatic carbocycles. The quantitative estimate of drug-likeness (QED) is 0.293. The normalized spacial score (nSPS) is 10.7. The summed E-state index contributed by atoms with van der Waals surface area (Å²) in [6.45, 7) is 3.12. The van der Waals surface area contributed by atoms with Crippen molar-refractivity contribution in [2.75, 3.05) is 13.7 Å². The Kier molecular flexibility index (Phi) is 8.69. The van der Waals surface area contributed by atoms with Gasteiger partial charge in [-0.3, -0.25) is 4.79 Å². The molecule has 3 aromatic rings. The first kappa shape index (κ1) is 23.3. The third kappa shape index (κ3) is 6.59. The maximum absolute atomic E-state index is 12.5. The van der Waals surface area contributed by atoms with Gasteiger partial charge >= 0.3 is 0 Å². The first-order chi connectivity index (χ1) is 15.6. The maximum atomic E-state index is 12.5. The van der Waals surface area contributed by atoms with Crippen molar-refractivity contribution >= 4 is 28.1 Å². The molecule has 6 nitrogen and oxygen atoms in total. The molecule has 0 spiro atoms. The highest BCUT2D eigenvalue weighted by molar-refractivity contribution is 9.10. The lowest BCUT2D eigenvalue weighted by atomic mass is 10.2. The van der Waals surface area contributed by atoms with Crippen molar-refractivity contribution in [3.05, 3.63) is 87.9 Å². The Bertz CT molecular complexity index is 1070. The SMILES string of the molecule is CCCOc1ccc(/C=N/NC(=O)c2ccc(OCc3ccccc3)c(OC)c2)cc1Br. The van der Waals surface area contributed by atoms with E-state index in [1.165, 1.54) is 7.11 Å². The minimum atomic E-state index is -0.351. The third-order valence-electron chi connectivity index (χ3n) is 4.46. The molecule has 0 radical (unpaired) electrons. The largest absolute Gasteiger partial charge is 0.493 e. The van der Waals surface area contributed by atoms with Crippen LogP contribution in [0.15, 0.2) is 76.3 Å². The van der Waals surface area contributed by atoms with E-state index in [9.17, 15) is 4.79 Å². The molecule has 0 unspecified atom stereocenters. The average molecular weight is 497 g/mol. The van der Waals surface area contributed by atoms with Gasteiger partial charge in [0.25, 0.3) is 5.91 Å². The Balaban J connectivity index is 1.60. The molecule has 1 amide bonds. The summed E-state index contributed by atoms with van der Waals surface area (Å²) in [5.74, 6) is 1.46. The van der Waals surface area contributed by atoms with Crippen molar-refractivity contribution in [2.45, 2.75) is 20.0 Å². The van der Waals surface area contributed by atoms with Crippen LogP contribution in [0.25, 0.3) is 0 Å². The van der Waals surface area contributed by atoms with Gasteiger partial charge in [0.1, 0.15) is 12.4 Å². The summed E-state index contributed by atoms with van der Waals surface area (Å²) in [4.78, 5) is 12.5. The number of hydrogen-bond acceptors (Lipinski definition) is 5. The molecule has 0 atom stereocenters. The van der Waals surface area contributed by atoms with E-state index in [2.05, 4.69) is 33.4 Å². The zero-order valence-corrected chi connectivity index (χ0v) is 19.6. The van der Waals surface area contributed by atoms with E-state index in [1.807, 2.05) is 48.5 Å². The van der Waals surface area contributed by atoms with Crippen molar-refractivity contribution in [2.24, 2.45) is 5.10 Å². The highest BCUT2D eigenvalue weighted by atomic mass is 79.9. The average Bonchev–Trinajstić information content (AvgIpc) is 2.82. The molecule has 166 valence electrons. The third-order valence-corrected chi connectivity index (χ3v) is 5.08. The summed E-state index contributed by atoms with van der Waals surface area (Å²) in [5.41, 5.74) is 4.81. The highest BCUT2D eigenvalue weighted by Crippen LogP contribution is 2.29. The van der Waals surface area contributed by atoms with Gasteiger partial charge in [0.05, 0.1) is 24.4 Å². The summed E-state index contributed by atoms with van der Waals surface area (Å²) in [6.07, 6.45) is 2.51. The van der Waals surface area contributed by atoms with Crippen molar-refractivity contribution in [1.29, 1.82) is 0 Å². The van der Waals surface area contributed by atoms with Crippen LogP contribution in [0.3, 0.4) is 0 Å². The Hall–Kier alpha value is -3.32. The topological polar surface area (TPSA) is 69.2 Å². The van der Waals surface area contributed by atoms with Crippen LogP contribution >= 0.6 is 15.9 Å². The highest BCUT2D eigenvalue weighted by Gasteiger charge is 2.11. The van der Waals surface area contributed by atoms with E-state index in [0.29, 0.717) is 30.3 Å². The van der Waals surface area contributed by atoms with Gasteiger partial charge in [0.15, 0.2) is 11.5 Å². The Morgan fingerprint density at radius 1 is 1.00 bits per heavy atom. The van der Waals surface area contributed by atoms with Crippen molar-refractivity contribution in [3.8, 4) is 17.2 Å². The molecule has 0 fully saturated rings. The first-order valence-corrected chi connectivity index (χ1v) is 11.0. The molecule has 0 saturated carbocycles. The van der Waals surface area contributed by atoms with Gasteiger partial charge in [-0.1, -0.05) is 37.3 Å². The number of carbonyl (C=O) groups is 1. The summed E-state index contributed by atoms with van der Waals surface area (Å²) in [6, 6.07) is 20.5. The van der Waals surface area contributed by atoms with Crippen LogP contribution < -0.4 is 19.6 Å². The number of benzene rings is 3. The Labute approximate surface area is 196 Å². The Morgan fingerprint density at radius 2 is 1.78 bits per heavy atom. The van der Waals surface area contributed by atoms with Gasteiger partial charge in [-0.2, -0.15) is 5.10 Å². The molecule has 0 aliphatic carbocycles. The van der Waals surface area contributed by atoms with Crippen molar-refractivity contribution < 1.29 is 19.0 Å². The van der Waals surface area contributed by atoms with E-state index in [-0.39, 0.29) is 5.91 Å². The monoisotopic (exact) mass is 496 g/mol. The predicted octanol–water partition coefficient (Wildman–Crippen LogP) is 5.59. The predicted molar refractivity (Wildman–Crippen MR) is 129 cm³/mol. The van der Waals surface area contributed by atoms with Crippen LogP contribution in [-0.2, 0) is 6.61 Å². The number of amides is 1. The van der Waals surface area contributed by atoms with E-state index < -0.39 is 0 Å². The van der Waals surface area contributed by atoms with Gasteiger partial charge in [0, 0.05) is 5.56 Å². The number of hydrogen-bond donors (Lipinski definition) is 1. The summed E-state index contributed by atoms with van der Waals surface area (Å²) in [7, 11) is 1.54. The number of rotatable bonds is 10. The molecule has 0 aliphatic heterocycles. The molecule has 7 heteroatoms. The number of halogens is 1. The van der Waals surface area contributed by atoms with Crippen LogP contribution in [0.2, 0.25) is 0 Å². The fourth-order valence-electron chi connectivity index (χ4n) is 2.82. The molecule has 32 heavy (non-hydrogen) atoms. The first-order valence-electron chi connectivity index (χ1n) is 10.2. The van der Waals surface area contributed by atoms with Gasteiger partial charge < -0.3 is 14.2 Å². The summed E-state index contributed by atoms with van der Waals surface area (Å²) < 4.78 is 17.7. The molecule has 1 N–H and O–H groups in total. The molecule has 0 saturated heterocycles. The van der Waals surface area contributed by atoms with Gasteiger partial charge in [-0.05, 0) is 69.9 Å². The second-order valence-corrected chi connectivity index (χ2v) is 7.73. The van der Waals surface area contributed by atoms with Crippen LogP contribution in [0.1, 0.15) is 34.8 Å². The molecule has 0 bridgehead atoms. The molecular weight excluding hydrogens is 472 g/mol. The number of methoxy groups -OCH3 is 1. The second kappa shape index (κ2) is 11.9. The standard InChI is InChI=1S/C25H25BrN2O4/c1-3-13-31-22-11-9-19(14-21(22)26)16-27-28-25(29)20-10-12-23(24(15-20)30-2)32-17-18-7-5-4-6-8-18/h4-12,14-16H,3,13,17H2,1-2H3,(H,28,29)/b27-16+. The van der Waals surface area contributed by atoms with E-state index >= 15 is 0 Å². The minimum Gasteiger partial charge on any atom is -0.493 e. The van der Waals surface area contributed by atoms with E-state index in [0.717, 1.165) is 27.8 Å². The second-order valence-electron chi connectivity index (χ2n) is 6.88. The lowest BCUT2D eigenvalue weighted by Crippen LogP contribution is -2.17. The summed E-state index contributed by atoms with van der Waals surface area (Å²) in [5, 5.41) is 4.05. The zero-order chi connectivity index (χ0) is 22.8. The Morgan fingerprint density at radius 3 is 2.50 bits per heavy atom. The van der Waals surface area contributed by atoms with Crippen LogP contribution in [0, 0.1) is 0 Å².